The van der Waals surface area contributed by atoms with E-state index in [-0.39, 0.29) is 30.1 Å². The molecule has 1 aromatic heterocycles. The molecule has 0 radical (unpaired) electrons. The molecular formula is C16H16F3NO2. The van der Waals surface area contributed by atoms with Gasteiger partial charge in [0.1, 0.15) is 11.3 Å². The summed E-state index contributed by atoms with van der Waals surface area (Å²) < 4.78 is 43.4. The summed E-state index contributed by atoms with van der Waals surface area (Å²) in [6, 6.07) is 6.36. The quantitative estimate of drug-likeness (QED) is 0.817. The topological polar surface area (TPSA) is 57.2 Å². The number of nitrogens with one attached hydrogen (secondary N) is 1. The van der Waals surface area contributed by atoms with Crippen LogP contribution >= 0.6 is 0 Å². The summed E-state index contributed by atoms with van der Waals surface area (Å²) in [4.78, 5) is 0. The van der Waals surface area contributed by atoms with Crippen molar-refractivity contribution in [3.8, 4) is 5.75 Å². The van der Waals surface area contributed by atoms with Gasteiger partial charge in [0, 0.05) is 6.07 Å². The van der Waals surface area contributed by atoms with Crippen molar-refractivity contribution in [2.45, 2.75) is 37.8 Å². The Morgan fingerprint density at radius 3 is 2.41 bits per heavy atom. The normalized spacial score (nSPS) is 22.9. The van der Waals surface area contributed by atoms with E-state index in [1.54, 1.807) is 18.2 Å². The van der Waals surface area contributed by atoms with E-state index in [2.05, 4.69) is 0 Å². The fourth-order valence-corrected chi connectivity index (χ4v) is 3.19. The second-order valence-electron chi connectivity index (χ2n) is 5.84. The van der Waals surface area contributed by atoms with Gasteiger partial charge in [0.15, 0.2) is 0 Å². The molecule has 1 aliphatic rings. The summed E-state index contributed by atoms with van der Waals surface area (Å²) in [5.74, 6) is -1.20. The third-order valence-electron chi connectivity index (χ3n) is 4.43. The minimum Gasteiger partial charge on any atom is -0.507 e. The molecule has 0 unspecified atom stereocenters. The summed E-state index contributed by atoms with van der Waals surface area (Å²) >= 11 is 0. The number of phenols is 1. The van der Waals surface area contributed by atoms with Gasteiger partial charge in [-0.3, -0.25) is 5.41 Å². The van der Waals surface area contributed by atoms with Gasteiger partial charge in [0.05, 0.1) is 11.3 Å². The zero-order valence-corrected chi connectivity index (χ0v) is 11.8. The van der Waals surface area contributed by atoms with Gasteiger partial charge in [0.2, 0.25) is 5.55 Å². The molecule has 1 aliphatic carbocycles. The molecule has 0 aliphatic heterocycles. The molecule has 3 nitrogen and oxygen atoms in total. The van der Waals surface area contributed by atoms with Crippen molar-refractivity contribution in [2.24, 2.45) is 5.92 Å². The van der Waals surface area contributed by atoms with E-state index in [4.69, 9.17) is 9.83 Å². The molecule has 0 bridgehead atoms. The van der Waals surface area contributed by atoms with E-state index in [1.807, 2.05) is 0 Å². The van der Waals surface area contributed by atoms with Gasteiger partial charge in [0.25, 0.3) is 0 Å². The molecule has 1 fully saturated rings. The predicted octanol–water partition coefficient (Wildman–Crippen LogP) is 4.45. The van der Waals surface area contributed by atoms with Gasteiger partial charge in [-0.05, 0) is 55.4 Å². The number of aromatic hydroxyl groups is 1. The van der Waals surface area contributed by atoms with Gasteiger partial charge in [-0.25, -0.2) is 0 Å². The first-order valence-corrected chi connectivity index (χ1v) is 7.22. The first-order valence-electron chi connectivity index (χ1n) is 7.22. The zero-order chi connectivity index (χ0) is 15.9. The lowest BCUT2D eigenvalue weighted by Crippen LogP contribution is -2.27. The van der Waals surface area contributed by atoms with E-state index in [0.29, 0.717) is 23.8 Å². The molecule has 1 saturated carbocycles. The van der Waals surface area contributed by atoms with Gasteiger partial charge >= 0.3 is 6.18 Å². The highest BCUT2D eigenvalue weighted by atomic mass is 19.4. The van der Waals surface area contributed by atoms with Crippen LogP contribution in [0.2, 0.25) is 0 Å². The van der Waals surface area contributed by atoms with Gasteiger partial charge in [-0.1, -0.05) is 0 Å². The zero-order valence-electron chi connectivity index (χ0n) is 11.8. The molecular weight excluding hydrogens is 295 g/mol. The Morgan fingerprint density at radius 2 is 1.77 bits per heavy atom. The van der Waals surface area contributed by atoms with Crippen LogP contribution in [-0.4, -0.2) is 11.3 Å². The number of alkyl halides is 3. The Balaban J connectivity index is 1.87. The summed E-state index contributed by atoms with van der Waals surface area (Å²) in [5, 5.41) is 18.0. The van der Waals surface area contributed by atoms with E-state index in [9.17, 15) is 18.3 Å². The molecule has 1 aromatic carbocycles. The van der Waals surface area contributed by atoms with Crippen molar-refractivity contribution in [1.29, 1.82) is 5.41 Å². The lowest BCUT2D eigenvalue weighted by atomic mass is 9.78. The smallest absolute Gasteiger partial charge is 0.391 e. The van der Waals surface area contributed by atoms with Crippen molar-refractivity contribution in [3.63, 3.8) is 0 Å². The van der Waals surface area contributed by atoms with Crippen LogP contribution in [0.4, 0.5) is 13.2 Å². The molecule has 0 amide bonds. The molecule has 0 atom stereocenters. The molecule has 118 valence electrons. The molecule has 0 saturated heterocycles. The van der Waals surface area contributed by atoms with Gasteiger partial charge in [-0.2, -0.15) is 13.2 Å². The van der Waals surface area contributed by atoms with Crippen LogP contribution in [0.5, 0.6) is 5.75 Å². The van der Waals surface area contributed by atoms with Crippen LogP contribution in [0.15, 0.2) is 28.7 Å². The Kier molecular flexibility index (Phi) is 3.62. The monoisotopic (exact) mass is 311 g/mol. The van der Waals surface area contributed by atoms with Crippen LogP contribution in [0.3, 0.4) is 0 Å². The highest BCUT2D eigenvalue weighted by Crippen LogP contribution is 2.44. The molecule has 22 heavy (non-hydrogen) atoms. The molecule has 2 N–H and O–H groups in total. The van der Waals surface area contributed by atoms with Gasteiger partial charge in [-0.15, -0.1) is 0 Å². The molecule has 1 heterocycles. The molecule has 2 aromatic rings. The van der Waals surface area contributed by atoms with Crippen LogP contribution in [0.25, 0.3) is 11.0 Å². The van der Waals surface area contributed by atoms with Crippen molar-refractivity contribution in [1.82, 2.24) is 0 Å². The summed E-state index contributed by atoms with van der Waals surface area (Å²) in [5.41, 5.74) is 1.14. The number of hydrogen-bond acceptors (Lipinski definition) is 3. The molecule has 6 heteroatoms. The summed E-state index contributed by atoms with van der Waals surface area (Å²) in [6.45, 7) is 0. The Bertz CT molecular complexity index is 743. The maximum absolute atomic E-state index is 12.7. The third kappa shape index (κ3) is 2.82. The maximum atomic E-state index is 12.7. The standard InChI is InChI=1S/C16H16F3NO2/c17-16(18,19)11-3-1-9(2-4-11)10-7-13(21)12-5-6-15(20)22-14(12)8-10/h5-9,11,20-21H,1-4H2. The van der Waals surface area contributed by atoms with Crippen LogP contribution in [0.1, 0.15) is 37.2 Å². The highest BCUT2D eigenvalue weighted by Gasteiger charge is 2.41. The largest absolute Gasteiger partial charge is 0.507 e. The van der Waals surface area contributed by atoms with Crippen molar-refractivity contribution < 1.29 is 22.7 Å². The van der Waals surface area contributed by atoms with Crippen molar-refractivity contribution >= 4 is 11.0 Å². The second-order valence-corrected chi connectivity index (χ2v) is 5.84. The van der Waals surface area contributed by atoms with Crippen LogP contribution in [0, 0.1) is 11.3 Å². The first kappa shape index (κ1) is 14.9. The first-order chi connectivity index (χ1) is 10.3. The van der Waals surface area contributed by atoms with Crippen LogP contribution in [-0.2, 0) is 0 Å². The highest BCUT2D eigenvalue weighted by molar-refractivity contribution is 5.83. The SMILES string of the molecule is N=c1ccc2c(O)cc(C3CCC(C(F)(F)F)CC3)cc2o1. The predicted molar refractivity (Wildman–Crippen MR) is 74.5 cm³/mol. The minimum atomic E-state index is -4.12. The molecule has 3 rings (SSSR count). The van der Waals surface area contributed by atoms with E-state index < -0.39 is 12.1 Å². The summed E-state index contributed by atoms with van der Waals surface area (Å²) in [7, 11) is 0. The number of halogens is 3. The number of phenolic OH excluding ortho intramolecular Hbond substituents is 1. The Morgan fingerprint density at radius 1 is 1.09 bits per heavy atom. The van der Waals surface area contributed by atoms with Crippen molar-refractivity contribution in [3.05, 3.63) is 35.4 Å². The van der Waals surface area contributed by atoms with Crippen LogP contribution < -0.4 is 5.55 Å². The Labute approximate surface area is 124 Å². The average Bonchev–Trinajstić information content (AvgIpc) is 2.46. The lowest BCUT2D eigenvalue weighted by Gasteiger charge is -2.30. The van der Waals surface area contributed by atoms with E-state index in [1.165, 1.54) is 6.07 Å². The third-order valence-corrected chi connectivity index (χ3v) is 4.43. The number of rotatable bonds is 1. The summed E-state index contributed by atoms with van der Waals surface area (Å²) in [6.07, 6.45) is -3.01. The Hall–Kier alpha value is -1.98. The lowest BCUT2D eigenvalue weighted by molar-refractivity contribution is -0.182. The maximum Gasteiger partial charge on any atom is 0.391 e. The molecule has 0 spiro atoms. The fraction of sp³-hybridized carbons (Fsp3) is 0.438. The second kappa shape index (κ2) is 5.34. The fourth-order valence-electron chi connectivity index (χ4n) is 3.19. The van der Waals surface area contributed by atoms with Gasteiger partial charge < -0.3 is 9.52 Å². The number of benzene rings is 1. The number of hydrogen-bond donors (Lipinski definition) is 2. The average molecular weight is 311 g/mol. The van der Waals surface area contributed by atoms with E-state index >= 15 is 0 Å². The van der Waals surface area contributed by atoms with E-state index in [0.717, 1.165) is 5.56 Å². The number of fused-ring (bicyclic) bond motifs is 1. The minimum absolute atomic E-state index is 0.0153. The van der Waals surface area contributed by atoms with Crippen molar-refractivity contribution in [2.75, 3.05) is 0 Å².